The highest BCUT2D eigenvalue weighted by Gasteiger charge is 2.25. The first-order valence-electron chi connectivity index (χ1n) is 10.1. The van der Waals surface area contributed by atoms with Gasteiger partial charge in [0.1, 0.15) is 5.75 Å². The Kier molecular flexibility index (Phi) is 8.22. The molecular formula is C23H28Cl2N2O2. The van der Waals surface area contributed by atoms with Gasteiger partial charge in [-0.2, -0.15) is 0 Å². The van der Waals surface area contributed by atoms with Crippen molar-refractivity contribution in [3.63, 3.8) is 0 Å². The molecule has 1 fully saturated rings. The number of likely N-dealkylation sites (tertiary alicyclic amines) is 1. The molecule has 2 aromatic carbocycles. The van der Waals surface area contributed by atoms with Gasteiger partial charge in [-0.05, 0) is 68.6 Å². The summed E-state index contributed by atoms with van der Waals surface area (Å²) in [6.07, 6.45) is 3.57. The van der Waals surface area contributed by atoms with E-state index in [1.807, 2.05) is 36.4 Å². The second kappa shape index (κ2) is 10.9. The van der Waals surface area contributed by atoms with Crippen LogP contribution in [0.25, 0.3) is 0 Å². The molecule has 1 aliphatic rings. The van der Waals surface area contributed by atoms with E-state index in [-0.39, 0.29) is 11.8 Å². The summed E-state index contributed by atoms with van der Waals surface area (Å²) in [5, 5.41) is 4.51. The largest absolute Gasteiger partial charge is 0.497 e. The van der Waals surface area contributed by atoms with Gasteiger partial charge in [-0.1, -0.05) is 41.4 Å². The Bertz CT molecular complexity index is 800. The Labute approximate surface area is 183 Å². The Morgan fingerprint density at radius 2 is 1.83 bits per heavy atom. The SMILES string of the molecule is COc1cccc(CCCNC(=O)C2CCN(Cc3c(Cl)cccc3Cl)CC2)c1. The molecule has 0 atom stereocenters. The van der Waals surface area contributed by atoms with Gasteiger partial charge in [0.15, 0.2) is 0 Å². The Morgan fingerprint density at radius 3 is 2.52 bits per heavy atom. The first-order chi connectivity index (χ1) is 14.1. The first kappa shape index (κ1) is 21.9. The molecule has 0 spiro atoms. The number of halogens is 2. The topological polar surface area (TPSA) is 41.6 Å². The lowest BCUT2D eigenvalue weighted by atomic mass is 9.95. The summed E-state index contributed by atoms with van der Waals surface area (Å²) in [6.45, 7) is 3.19. The van der Waals surface area contributed by atoms with E-state index in [0.29, 0.717) is 16.6 Å². The summed E-state index contributed by atoms with van der Waals surface area (Å²) in [6, 6.07) is 13.7. The average molecular weight is 435 g/mol. The van der Waals surface area contributed by atoms with E-state index >= 15 is 0 Å². The van der Waals surface area contributed by atoms with Gasteiger partial charge in [0.05, 0.1) is 7.11 Å². The van der Waals surface area contributed by atoms with Crippen molar-refractivity contribution in [3.05, 3.63) is 63.6 Å². The van der Waals surface area contributed by atoms with E-state index in [1.165, 1.54) is 5.56 Å². The van der Waals surface area contributed by atoms with E-state index in [0.717, 1.165) is 56.6 Å². The van der Waals surface area contributed by atoms with Gasteiger partial charge in [-0.15, -0.1) is 0 Å². The van der Waals surface area contributed by atoms with Crippen LogP contribution in [0.15, 0.2) is 42.5 Å². The number of carbonyl (C=O) groups is 1. The third kappa shape index (κ3) is 6.36. The van der Waals surface area contributed by atoms with Gasteiger partial charge < -0.3 is 10.1 Å². The molecule has 29 heavy (non-hydrogen) atoms. The second-order valence-corrected chi connectivity index (χ2v) is 8.31. The van der Waals surface area contributed by atoms with Crippen molar-refractivity contribution < 1.29 is 9.53 Å². The third-order valence-electron chi connectivity index (χ3n) is 5.48. The Balaban J connectivity index is 1.37. The van der Waals surface area contributed by atoms with Crippen molar-refractivity contribution in [2.24, 2.45) is 5.92 Å². The van der Waals surface area contributed by atoms with E-state index in [1.54, 1.807) is 7.11 Å². The van der Waals surface area contributed by atoms with Gasteiger partial charge in [0.2, 0.25) is 5.91 Å². The van der Waals surface area contributed by atoms with Crippen LogP contribution in [0.1, 0.15) is 30.4 Å². The van der Waals surface area contributed by atoms with Crippen molar-refractivity contribution in [2.75, 3.05) is 26.7 Å². The lowest BCUT2D eigenvalue weighted by molar-refractivity contribution is -0.126. The summed E-state index contributed by atoms with van der Waals surface area (Å²) in [7, 11) is 1.67. The predicted molar refractivity (Wildman–Crippen MR) is 119 cm³/mol. The number of aryl methyl sites for hydroxylation is 1. The average Bonchev–Trinajstić information content (AvgIpc) is 2.74. The van der Waals surface area contributed by atoms with Crippen LogP contribution in [-0.4, -0.2) is 37.6 Å². The third-order valence-corrected chi connectivity index (χ3v) is 6.19. The number of amides is 1. The molecule has 0 aromatic heterocycles. The number of ether oxygens (including phenoxy) is 1. The molecule has 0 unspecified atom stereocenters. The van der Waals surface area contributed by atoms with Crippen LogP contribution in [0.3, 0.4) is 0 Å². The van der Waals surface area contributed by atoms with Gasteiger partial charge in [0.25, 0.3) is 0 Å². The quantitative estimate of drug-likeness (QED) is 0.596. The first-order valence-corrected chi connectivity index (χ1v) is 10.9. The molecule has 0 saturated carbocycles. The predicted octanol–water partition coefficient (Wildman–Crippen LogP) is 4.96. The zero-order valence-electron chi connectivity index (χ0n) is 16.8. The summed E-state index contributed by atoms with van der Waals surface area (Å²) in [5.74, 6) is 1.13. The molecule has 1 amide bonds. The highest BCUT2D eigenvalue weighted by Crippen LogP contribution is 2.27. The maximum Gasteiger partial charge on any atom is 0.223 e. The molecular weight excluding hydrogens is 407 g/mol. The summed E-state index contributed by atoms with van der Waals surface area (Å²) in [5.41, 5.74) is 2.20. The van der Waals surface area contributed by atoms with Crippen LogP contribution in [-0.2, 0) is 17.8 Å². The molecule has 0 bridgehead atoms. The molecule has 1 N–H and O–H groups in total. The maximum absolute atomic E-state index is 12.5. The van der Waals surface area contributed by atoms with Crippen molar-refractivity contribution in [1.29, 1.82) is 0 Å². The number of nitrogens with zero attached hydrogens (tertiary/aromatic N) is 1. The highest BCUT2D eigenvalue weighted by atomic mass is 35.5. The number of hydrogen-bond acceptors (Lipinski definition) is 3. The Hall–Kier alpha value is -1.75. The van der Waals surface area contributed by atoms with Gasteiger partial charge >= 0.3 is 0 Å². The molecule has 0 aliphatic carbocycles. The number of piperidine rings is 1. The number of nitrogens with one attached hydrogen (secondary N) is 1. The molecule has 1 aliphatic heterocycles. The van der Waals surface area contributed by atoms with Crippen LogP contribution in [0.4, 0.5) is 0 Å². The van der Waals surface area contributed by atoms with Gasteiger partial charge in [-0.3, -0.25) is 9.69 Å². The molecule has 1 heterocycles. The Morgan fingerprint density at radius 1 is 1.14 bits per heavy atom. The standard InChI is InChI=1S/C23H28Cl2N2O2/c1-29-19-7-2-5-17(15-19)6-4-12-26-23(28)18-10-13-27(14-11-18)16-20-21(24)8-3-9-22(20)25/h2-3,5,7-9,15,18H,4,6,10-14,16H2,1H3,(H,26,28). The second-order valence-electron chi connectivity index (χ2n) is 7.50. The summed E-state index contributed by atoms with van der Waals surface area (Å²) < 4.78 is 5.25. The van der Waals surface area contributed by atoms with Crippen LogP contribution in [0, 0.1) is 5.92 Å². The number of rotatable bonds is 8. The zero-order chi connectivity index (χ0) is 20.6. The minimum atomic E-state index is 0.0878. The fourth-order valence-electron chi connectivity index (χ4n) is 3.74. The van der Waals surface area contributed by atoms with Crippen molar-refractivity contribution >= 4 is 29.1 Å². The molecule has 3 rings (SSSR count). The van der Waals surface area contributed by atoms with Crippen LogP contribution in [0.2, 0.25) is 10.0 Å². The normalized spacial score (nSPS) is 15.3. The van der Waals surface area contributed by atoms with E-state index in [2.05, 4.69) is 16.3 Å². The molecule has 4 nitrogen and oxygen atoms in total. The number of benzene rings is 2. The van der Waals surface area contributed by atoms with Crippen LogP contribution < -0.4 is 10.1 Å². The van der Waals surface area contributed by atoms with E-state index in [4.69, 9.17) is 27.9 Å². The highest BCUT2D eigenvalue weighted by molar-refractivity contribution is 6.35. The van der Waals surface area contributed by atoms with Crippen LogP contribution in [0.5, 0.6) is 5.75 Å². The number of methoxy groups -OCH3 is 1. The smallest absolute Gasteiger partial charge is 0.223 e. The zero-order valence-corrected chi connectivity index (χ0v) is 18.3. The fourth-order valence-corrected chi connectivity index (χ4v) is 4.25. The molecule has 0 radical (unpaired) electrons. The minimum Gasteiger partial charge on any atom is -0.497 e. The summed E-state index contributed by atoms with van der Waals surface area (Å²) >= 11 is 12.6. The lowest BCUT2D eigenvalue weighted by Gasteiger charge is -2.31. The van der Waals surface area contributed by atoms with Crippen molar-refractivity contribution in [1.82, 2.24) is 10.2 Å². The van der Waals surface area contributed by atoms with Crippen molar-refractivity contribution in [2.45, 2.75) is 32.2 Å². The molecule has 2 aromatic rings. The van der Waals surface area contributed by atoms with E-state index < -0.39 is 0 Å². The van der Waals surface area contributed by atoms with Gasteiger partial charge in [0, 0.05) is 34.6 Å². The van der Waals surface area contributed by atoms with Crippen LogP contribution >= 0.6 is 23.2 Å². The molecule has 1 saturated heterocycles. The maximum atomic E-state index is 12.5. The fraction of sp³-hybridized carbons (Fsp3) is 0.435. The van der Waals surface area contributed by atoms with Gasteiger partial charge in [-0.25, -0.2) is 0 Å². The number of carbonyl (C=O) groups excluding carboxylic acids is 1. The van der Waals surface area contributed by atoms with E-state index in [9.17, 15) is 4.79 Å². The summed E-state index contributed by atoms with van der Waals surface area (Å²) in [4.78, 5) is 14.8. The minimum absolute atomic E-state index is 0.0878. The lowest BCUT2D eigenvalue weighted by Crippen LogP contribution is -2.40. The monoisotopic (exact) mass is 434 g/mol. The molecule has 6 heteroatoms. The molecule has 156 valence electrons. The number of hydrogen-bond donors (Lipinski definition) is 1. The van der Waals surface area contributed by atoms with Crippen molar-refractivity contribution in [3.8, 4) is 5.75 Å².